The van der Waals surface area contributed by atoms with Crippen molar-refractivity contribution in [2.24, 2.45) is 5.16 Å². The zero-order valence-corrected chi connectivity index (χ0v) is 29.2. The molecule has 2 aliphatic rings. The fourth-order valence-corrected chi connectivity index (χ4v) is 6.17. The quantitative estimate of drug-likeness (QED) is 0.0657. The van der Waals surface area contributed by atoms with Crippen LogP contribution in [0.25, 0.3) is 0 Å². The highest BCUT2D eigenvalue weighted by molar-refractivity contribution is 8.00. The maximum Gasteiger partial charge on any atom is 0.342 e. The van der Waals surface area contributed by atoms with Crippen molar-refractivity contribution in [2.75, 3.05) is 38.7 Å². The number of aliphatic hydroxyl groups excluding tert-OH is 4. The summed E-state index contributed by atoms with van der Waals surface area (Å²) in [6.07, 6.45) is 5.97. The molecule has 7 N–H and O–H groups in total. The first-order valence-electron chi connectivity index (χ1n) is 16.6. The van der Waals surface area contributed by atoms with E-state index in [1.54, 1.807) is 36.1 Å². The van der Waals surface area contributed by atoms with Crippen molar-refractivity contribution in [3.8, 4) is 11.5 Å². The molecule has 0 spiro atoms. The smallest absolute Gasteiger partial charge is 0.342 e. The number of allylic oxidation sites excluding steroid dienone is 1. The Bertz CT molecular complexity index is 1360. The average Bonchev–Trinajstić information content (AvgIpc) is 3.07. The van der Waals surface area contributed by atoms with E-state index in [4.69, 9.17) is 14.3 Å². The minimum absolute atomic E-state index is 0.0887. The highest BCUT2D eigenvalue weighted by Crippen LogP contribution is 2.29. The van der Waals surface area contributed by atoms with Gasteiger partial charge in [0, 0.05) is 32.0 Å². The van der Waals surface area contributed by atoms with Crippen LogP contribution in [0, 0.1) is 0 Å². The summed E-state index contributed by atoms with van der Waals surface area (Å²) in [5.41, 5.74) is -0.796. The number of aliphatic hydroxyl groups is 4. The zero-order valence-electron chi connectivity index (χ0n) is 28.3. The molecule has 50 heavy (non-hydrogen) atoms. The van der Waals surface area contributed by atoms with Crippen LogP contribution in [0.15, 0.2) is 41.6 Å². The summed E-state index contributed by atoms with van der Waals surface area (Å²) in [6, 6.07) is 1.79. The lowest BCUT2D eigenvalue weighted by Gasteiger charge is -2.27. The fraction of sp³-hybridized carbons (Fsp3) is 0.588. The second-order valence-electron chi connectivity index (χ2n) is 12.2. The van der Waals surface area contributed by atoms with Gasteiger partial charge in [-0.05, 0) is 57.2 Å². The summed E-state index contributed by atoms with van der Waals surface area (Å²) in [6.45, 7) is 2.84. The topological polar surface area (TPSA) is 228 Å². The zero-order chi connectivity index (χ0) is 36.6. The van der Waals surface area contributed by atoms with Crippen molar-refractivity contribution in [3.05, 3.63) is 47.6 Å². The van der Waals surface area contributed by atoms with E-state index in [9.17, 15) is 45.0 Å². The number of carbonyl (C=O) groups is 3. The Labute approximate surface area is 295 Å². The van der Waals surface area contributed by atoms with Gasteiger partial charge in [-0.3, -0.25) is 9.59 Å². The lowest BCUT2D eigenvalue weighted by Crippen LogP contribution is -2.40. The van der Waals surface area contributed by atoms with Gasteiger partial charge in [0.05, 0.1) is 36.8 Å². The van der Waals surface area contributed by atoms with Gasteiger partial charge in [0.1, 0.15) is 40.8 Å². The van der Waals surface area contributed by atoms with Gasteiger partial charge in [-0.1, -0.05) is 23.4 Å². The van der Waals surface area contributed by atoms with Crippen LogP contribution in [0.2, 0.25) is 0 Å². The first-order chi connectivity index (χ1) is 23.9. The predicted octanol–water partition coefficient (Wildman–Crippen LogP) is 1.13. The molecule has 1 saturated heterocycles. The molecule has 1 aromatic carbocycles. The molecule has 16 heteroatoms. The molecule has 0 radical (unpaired) electrons. The second-order valence-corrected chi connectivity index (χ2v) is 13.3. The highest BCUT2D eigenvalue weighted by atomic mass is 32.2. The standard InChI is InChI=1S/C34H49N3O12S/c1-21-8-6-9-24(35-30(44)20-50-34(28(43)17-38)49-29(18-39)22(2)40)10-7-11-25(36-47-19-31(45)37-12-4-3-5-13-37)14-23-15-26(41)16-27(42)32(23)33(46)48-21/h6-7,9,11,15-16,21-22,24,28-29,34,38-43H,3-5,8,10,12-14,17-20H2,1-2H3,(H,35,44)/b9-6+,11-7+,36-25-/t21-,22+,24-,28+,29?,34+/m1/s1. The number of amides is 2. The molecule has 0 saturated carbocycles. The van der Waals surface area contributed by atoms with E-state index in [0.717, 1.165) is 37.1 Å². The number of aromatic hydroxyl groups is 2. The summed E-state index contributed by atoms with van der Waals surface area (Å²) in [4.78, 5) is 46.0. The Morgan fingerprint density at radius 2 is 1.84 bits per heavy atom. The van der Waals surface area contributed by atoms with Crippen LogP contribution in [-0.2, 0) is 30.3 Å². The average molecular weight is 724 g/mol. The van der Waals surface area contributed by atoms with Gasteiger partial charge in [-0.2, -0.15) is 0 Å². The number of nitrogens with zero attached hydrogens (tertiary/aromatic N) is 2. The van der Waals surface area contributed by atoms with Crippen molar-refractivity contribution < 1.29 is 59.3 Å². The van der Waals surface area contributed by atoms with Crippen molar-refractivity contribution in [3.63, 3.8) is 0 Å². The van der Waals surface area contributed by atoms with Crippen LogP contribution in [0.5, 0.6) is 11.5 Å². The Morgan fingerprint density at radius 3 is 2.52 bits per heavy atom. The molecular weight excluding hydrogens is 674 g/mol. The summed E-state index contributed by atoms with van der Waals surface area (Å²) >= 11 is 0.885. The van der Waals surface area contributed by atoms with Gasteiger partial charge >= 0.3 is 5.97 Å². The Balaban J connectivity index is 1.81. The minimum Gasteiger partial charge on any atom is -0.508 e. The van der Waals surface area contributed by atoms with Crippen LogP contribution in [0.4, 0.5) is 0 Å². The third-order valence-corrected chi connectivity index (χ3v) is 9.12. The number of ether oxygens (including phenoxy) is 2. The van der Waals surface area contributed by atoms with Crippen molar-refractivity contribution in [2.45, 2.75) is 88.3 Å². The molecule has 1 aromatic rings. The molecule has 0 aliphatic carbocycles. The van der Waals surface area contributed by atoms with Crippen molar-refractivity contribution in [1.29, 1.82) is 0 Å². The largest absolute Gasteiger partial charge is 0.508 e. The summed E-state index contributed by atoms with van der Waals surface area (Å²) in [5.74, 6) is -2.42. The third-order valence-electron chi connectivity index (χ3n) is 7.94. The highest BCUT2D eigenvalue weighted by Gasteiger charge is 2.28. The lowest BCUT2D eigenvalue weighted by atomic mass is 9.99. The number of hydrogen-bond donors (Lipinski definition) is 7. The Hall–Kier alpha value is -3.67. The maximum absolute atomic E-state index is 13.2. The number of carbonyl (C=O) groups excluding carboxylic acids is 3. The van der Waals surface area contributed by atoms with Gasteiger partial charge in [0.25, 0.3) is 5.91 Å². The minimum atomic E-state index is -1.38. The predicted molar refractivity (Wildman–Crippen MR) is 185 cm³/mol. The number of esters is 1. The van der Waals surface area contributed by atoms with E-state index in [0.29, 0.717) is 13.1 Å². The summed E-state index contributed by atoms with van der Waals surface area (Å²) in [7, 11) is 0. The van der Waals surface area contributed by atoms with Crippen LogP contribution in [0.1, 0.15) is 61.9 Å². The number of likely N-dealkylation sites (tertiary alicyclic amines) is 1. The van der Waals surface area contributed by atoms with Crippen molar-refractivity contribution in [1.82, 2.24) is 10.2 Å². The van der Waals surface area contributed by atoms with Gasteiger partial charge in [-0.15, -0.1) is 11.8 Å². The Kier molecular flexibility index (Phi) is 17.0. The Morgan fingerprint density at radius 1 is 1.10 bits per heavy atom. The van der Waals surface area contributed by atoms with Crippen molar-refractivity contribution >= 4 is 35.3 Å². The van der Waals surface area contributed by atoms with E-state index in [1.165, 1.54) is 13.0 Å². The van der Waals surface area contributed by atoms with E-state index >= 15 is 0 Å². The lowest BCUT2D eigenvalue weighted by molar-refractivity contribution is -0.137. The number of rotatable bonds is 13. The number of fused-ring (bicyclic) bond motifs is 1. The monoisotopic (exact) mass is 723 g/mol. The third kappa shape index (κ3) is 13.2. The number of piperidine rings is 1. The molecule has 15 nitrogen and oxygen atoms in total. The molecule has 2 aliphatic heterocycles. The number of phenols is 2. The molecule has 278 valence electrons. The number of nitrogens with one attached hydrogen (secondary N) is 1. The van der Waals surface area contributed by atoms with Gasteiger partial charge in [-0.25, -0.2) is 4.79 Å². The molecule has 2 heterocycles. The second kappa shape index (κ2) is 20.9. The molecule has 6 atom stereocenters. The van der Waals surface area contributed by atoms with Gasteiger partial charge < -0.3 is 55.2 Å². The molecule has 1 fully saturated rings. The molecule has 2 amide bonds. The number of thioether (sulfide) groups is 1. The van der Waals surface area contributed by atoms with Crippen LogP contribution in [-0.4, -0.2) is 134 Å². The first kappa shape index (κ1) is 40.8. The van der Waals surface area contributed by atoms with Gasteiger partial charge in [0.2, 0.25) is 5.91 Å². The first-order valence-corrected chi connectivity index (χ1v) is 17.7. The molecule has 0 bridgehead atoms. The SMILES string of the molecule is C[C@@H]1C/C=C/[C@@H](NC(=O)CS[C@H](OC(CO)[C@H](C)O)[C@@H](O)CO)C/C=C/C(=N/OCC(=O)N2CCCCC2)Cc2cc(O)cc(O)c2C(=O)O1. The fourth-order valence-electron chi connectivity index (χ4n) is 5.24. The van der Waals surface area contributed by atoms with Gasteiger partial charge in [0.15, 0.2) is 6.61 Å². The maximum atomic E-state index is 13.2. The van der Waals surface area contributed by atoms with E-state index in [1.807, 2.05) is 0 Å². The molecule has 0 aromatic heterocycles. The molecule has 1 unspecified atom stereocenters. The molecular formula is C34H49N3O12S. The summed E-state index contributed by atoms with van der Waals surface area (Å²) in [5, 5.41) is 66.8. The van der Waals surface area contributed by atoms with Crippen LogP contribution < -0.4 is 5.32 Å². The molecule has 3 rings (SSSR count). The van der Waals surface area contributed by atoms with E-state index in [-0.39, 0.29) is 60.1 Å². The van der Waals surface area contributed by atoms with Crippen LogP contribution >= 0.6 is 11.8 Å². The number of cyclic esters (lactones) is 1. The normalized spacial score (nSPS) is 23.4. The van der Waals surface area contributed by atoms with Crippen LogP contribution in [0.3, 0.4) is 0 Å². The number of benzene rings is 1. The van der Waals surface area contributed by atoms with E-state index in [2.05, 4.69) is 10.5 Å². The number of hydrogen-bond acceptors (Lipinski definition) is 14. The number of oxime groups is 1. The summed E-state index contributed by atoms with van der Waals surface area (Å²) < 4.78 is 11.1. The van der Waals surface area contributed by atoms with E-state index < -0.39 is 66.7 Å². The number of phenolic OH excluding ortho intramolecular Hbond substituents is 2.